The van der Waals surface area contributed by atoms with Crippen molar-refractivity contribution < 1.29 is 9.90 Å². The van der Waals surface area contributed by atoms with Crippen LogP contribution in [0.25, 0.3) is 0 Å². The number of aliphatic hydroxyl groups excluding tert-OH is 1. The van der Waals surface area contributed by atoms with Crippen LogP contribution in [0, 0.1) is 0 Å². The zero-order valence-electron chi connectivity index (χ0n) is 13.9. The largest absolute Gasteiger partial charge is 0.387 e. The van der Waals surface area contributed by atoms with E-state index in [1.807, 2.05) is 4.90 Å². The molecule has 1 aromatic rings. The molecule has 23 heavy (non-hydrogen) atoms. The van der Waals surface area contributed by atoms with Gasteiger partial charge in [0, 0.05) is 32.2 Å². The molecule has 0 aromatic carbocycles. The molecule has 1 saturated carbocycles. The second kappa shape index (κ2) is 7.40. The summed E-state index contributed by atoms with van der Waals surface area (Å²) in [7, 11) is 0. The van der Waals surface area contributed by atoms with E-state index in [2.05, 4.69) is 15.2 Å². The normalized spacial score (nSPS) is 22.3. The van der Waals surface area contributed by atoms with Crippen LogP contribution in [0.4, 0.5) is 0 Å². The Hall–Kier alpha value is -1.47. The summed E-state index contributed by atoms with van der Waals surface area (Å²) in [5.41, 5.74) is 0.501. The predicted octanol–water partition coefficient (Wildman–Crippen LogP) is 0.808. The quantitative estimate of drug-likeness (QED) is 0.888. The SMILES string of the molecule is CC(O)c1cn(CC(=O)N2CCCN(C3CCCC3)CC2)nn1. The Morgan fingerprint density at radius 1 is 1.26 bits per heavy atom. The van der Waals surface area contributed by atoms with Gasteiger partial charge in [-0.3, -0.25) is 9.69 Å². The van der Waals surface area contributed by atoms with Crippen molar-refractivity contribution in [1.29, 1.82) is 0 Å². The van der Waals surface area contributed by atoms with Crippen LogP contribution in [0.5, 0.6) is 0 Å². The van der Waals surface area contributed by atoms with E-state index < -0.39 is 6.10 Å². The molecule has 2 fully saturated rings. The molecular weight excluding hydrogens is 294 g/mol. The summed E-state index contributed by atoms with van der Waals surface area (Å²) >= 11 is 0. The zero-order valence-corrected chi connectivity index (χ0v) is 13.9. The van der Waals surface area contributed by atoms with Crippen LogP contribution >= 0.6 is 0 Å². The molecule has 1 saturated heterocycles. The lowest BCUT2D eigenvalue weighted by atomic mass is 10.2. The van der Waals surface area contributed by atoms with Gasteiger partial charge in [-0.25, -0.2) is 4.68 Å². The second-order valence-electron chi connectivity index (χ2n) is 6.73. The Kier molecular flexibility index (Phi) is 5.27. The number of aromatic nitrogens is 3. The average molecular weight is 321 g/mol. The minimum atomic E-state index is -0.656. The molecule has 7 nitrogen and oxygen atoms in total. The van der Waals surface area contributed by atoms with Gasteiger partial charge in [0.05, 0.1) is 12.3 Å². The molecule has 128 valence electrons. The topological polar surface area (TPSA) is 74.5 Å². The smallest absolute Gasteiger partial charge is 0.244 e. The Labute approximate surface area is 137 Å². The Morgan fingerprint density at radius 3 is 2.74 bits per heavy atom. The summed E-state index contributed by atoms with van der Waals surface area (Å²) < 4.78 is 1.52. The van der Waals surface area contributed by atoms with E-state index in [0.29, 0.717) is 5.69 Å². The second-order valence-corrected chi connectivity index (χ2v) is 6.73. The predicted molar refractivity (Wildman–Crippen MR) is 85.7 cm³/mol. The Balaban J connectivity index is 1.52. The molecule has 0 bridgehead atoms. The summed E-state index contributed by atoms with van der Waals surface area (Å²) in [5.74, 6) is 0.0836. The lowest BCUT2D eigenvalue weighted by Crippen LogP contribution is -2.39. The van der Waals surface area contributed by atoms with Crippen molar-refractivity contribution >= 4 is 5.91 Å². The molecule has 1 N–H and O–H groups in total. The van der Waals surface area contributed by atoms with E-state index in [0.717, 1.165) is 38.6 Å². The fraction of sp³-hybridized carbons (Fsp3) is 0.812. The zero-order chi connectivity index (χ0) is 16.2. The molecule has 1 aliphatic carbocycles. The molecule has 1 unspecified atom stereocenters. The van der Waals surface area contributed by atoms with Gasteiger partial charge in [-0.15, -0.1) is 5.10 Å². The van der Waals surface area contributed by atoms with Crippen LogP contribution < -0.4 is 0 Å². The lowest BCUT2D eigenvalue weighted by molar-refractivity contribution is -0.132. The van der Waals surface area contributed by atoms with Crippen LogP contribution in [0.3, 0.4) is 0 Å². The van der Waals surface area contributed by atoms with Crippen molar-refractivity contribution in [1.82, 2.24) is 24.8 Å². The van der Waals surface area contributed by atoms with E-state index in [9.17, 15) is 9.90 Å². The van der Waals surface area contributed by atoms with Gasteiger partial charge in [-0.1, -0.05) is 18.1 Å². The standard InChI is InChI=1S/C16H27N5O2/c1-13(22)15-11-21(18-17-15)12-16(23)20-8-4-7-19(9-10-20)14-5-2-3-6-14/h11,13-14,22H,2-10,12H2,1H3. The van der Waals surface area contributed by atoms with E-state index in [1.165, 1.54) is 30.4 Å². The molecule has 7 heteroatoms. The van der Waals surface area contributed by atoms with Gasteiger partial charge in [-0.05, 0) is 26.2 Å². The van der Waals surface area contributed by atoms with Crippen molar-refractivity contribution in [3.63, 3.8) is 0 Å². The average Bonchev–Trinajstić information content (AvgIpc) is 3.15. The fourth-order valence-electron chi connectivity index (χ4n) is 3.64. The Bertz CT molecular complexity index is 524. The minimum Gasteiger partial charge on any atom is -0.387 e. The molecule has 0 spiro atoms. The molecule has 3 rings (SSSR count). The summed E-state index contributed by atoms with van der Waals surface area (Å²) in [6, 6.07) is 0.731. The molecule has 1 atom stereocenters. The fourth-order valence-corrected chi connectivity index (χ4v) is 3.64. The van der Waals surface area contributed by atoms with Crippen molar-refractivity contribution in [2.24, 2.45) is 0 Å². The maximum Gasteiger partial charge on any atom is 0.244 e. The monoisotopic (exact) mass is 321 g/mol. The highest BCUT2D eigenvalue weighted by atomic mass is 16.3. The third-order valence-electron chi connectivity index (χ3n) is 5.01. The first-order valence-corrected chi connectivity index (χ1v) is 8.73. The van der Waals surface area contributed by atoms with E-state index in [4.69, 9.17) is 0 Å². The van der Waals surface area contributed by atoms with Gasteiger partial charge >= 0.3 is 0 Å². The molecule has 0 radical (unpaired) electrons. The van der Waals surface area contributed by atoms with Gasteiger partial charge in [0.1, 0.15) is 12.2 Å². The van der Waals surface area contributed by atoms with Gasteiger partial charge < -0.3 is 10.0 Å². The number of carbonyl (C=O) groups is 1. The molecule has 2 aliphatic rings. The van der Waals surface area contributed by atoms with Crippen molar-refractivity contribution in [2.75, 3.05) is 26.2 Å². The first-order chi connectivity index (χ1) is 11.1. The molecule has 1 aromatic heterocycles. The molecule has 1 aliphatic heterocycles. The number of carbonyl (C=O) groups excluding carboxylic acids is 1. The third-order valence-corrected chi connectivity index (χ3v) is 5.01. The van der Waals surface area contributed by atoms with Crippen LogP contribution in [0.1, 0.15) is 50.8 Å². The molecular formula is C16H27N5O2. The van der Waals surface area contributed by atoms with E-state index >= 15 is 0 Å². The first kappa shape index (κ1) is 16.4. The van der Waals surface area contributed by atoms with Crippen molar-refractivity contribution in [3.8, 4) is 0 Å². The third kappa shape index (κ3) is 4.09. The van der Waals surface area contributed by atoms with Crippen LogP contribution in [0.2, 0.25) is 0 Å². The van der Waals surface area contributed by atoms with Gasteiger partial charge in [-0.2, -0.15) is 0 Å². The first-order valence-electron chi connectivity index (χ1n) is 8.73. The Morgan fingerprint density at radius 2 is 2.04 bits per heavy atom. The summed E-state index contributed by atoms with van der Waals surface area (Å²) in [6.45, 7) is 5.54. The number of amides is 1. The highest BCUT2D eigenvalue weighted by molar-refractivity contribution is 5.75. The molecule has 1 amide bonds. The van der Waals surface area contributed by atoms with Gasteiger partial charge in [0.25, 0.3) is 0 Å². The van der Waals surface area contributed by atoms with Crippen molar-refractivity contribution in [3.05, 3.63) is 11.9 Å². The number of hydrogen-bond acceptors (Lipinski definition) is 5. The van der Waals surface area contributed by atoms with E-state index in [1.54, 1.807) is 13.1 Å². The van der Waals surface area contributed by atoms with Crippen LogP contribution in [-0.4, -0.2) is 68.0 Å². The highest BCUT2D eigenvalue weighted by Crippen LogP contribution is 2.24. The van der Waals surface area contributed by atoms with Gasteiger partial charge in [0.15, 0.2) is 0 Å². The number of nitrogens with zero attached hydrogens (tertiary/aromatic N) is 5. The van der Waals surface area contributed by atoms with Gasteiger partial charge in [0.2, 0.25) is 5.91 Å². The number of rotatable bonds is 4. The van der Waals surface area contributed by atoms with Crippen LogP contribution in [0.15, 0.2) is 6.20 Å². The summed E-state index contributed by atoms with van der Waals surface area (Å²) in [5, 5.41) is 17.3. The van der Waals surface area contributed by atoms with Crippen LogP contribution in [-0.2, 0) is 11.3 Å². The molecule has 2 heterocycles. The maximum absolute atomic E-state index is 12.5. The summed E-state index contributed by atoms with van der Waals surface area (Å²) in [4.78, 5) is 17.0. The number of aliphatic hydroxyl groups is 1. The van der Waals surface area contributed by atoms with Crippen molar-refractivity contribution in [2.45, 2.75) is 57.7 Å². The number of hydrogen-bond donors (Lipinski definition) is 1. The van der Waals surface area contributed by atoms with E-state index in [-0.39, 0.29) is 12.5 Å². The highest BCUT2D eigenvalue weighted by Gasteiger charge is 2.26. The summed E-state index contributed by atoms with van der Waals surface area (Å²) in [6.07, 6.45) is 7.36. The lowest BCUT2D eigenvalue weighted by Gasteiger charge is -2.27. The minimum absolute atomic E-state index is 0.0836. The maximum atomic E-state index is 12.5.